The van der Waals surface area contributed by atoms with Crippen LogP contribution in [0.3, 0.4) is 0 Å². The van der Waals surface area contributed by atoms with Crippen molar-refractivity contribution in [3.05, 3.63) is 75.3 Å². The molecule has 0 radical (unpaired) electrons. The number of carbonyl (C=O) groups is 1. The van der Waals surface area contributed by atoms with E-state index in [9.17, 15) is 14.9 Å². The zero-order valence-electron chi connectivity index (χ0n) is 12.8. The van der Waals surface area contributed by atoms with Crippen molar-refractivity contribution >= 4 is 38.4 Å². The smallest absolute Gasteiger partial charge is 0.349 e. The predicted octanol–water partition coefficient (Wildman–Crippen LogP) is 4.49. The third-order valence-corrected chi connectivity index (χ3v) is 4.25. The van der Waals surface area contributed by atoms with E-state index in [4.69, 9.17) is 9.47 Å². The number of esters is 1. The molecule has 6 nitrogen and oxygen atoms in total. The summed E-state index contributed by atoms with van der Waals surface area (Å²) in [4.78, 5) is 22.1. The van der Waals surface area contributed by atoms with Crippen molar-refractivity contribution in [1.29, 1.82) is 0 Å². The lowest BCUT2D eigenvalue weighted by molar-refractivity contribution is -0.384. The van der Waals surface area contributed by atoms with Crippen LogP contribution in [0.5, 0.6) is 11.5 Å². The third kappa shape index (κ3) is 3.95. The first-order valence-electron chi connectivity index (χ1n) is 7.30. The van der Waals surface area contributed by atoms with Gasteiger partial charge < -0.3 is 9.47 Å². The van der Waals surface area contributed by atoms with Crippen molar-refractivity contribution < 1.29 is 19.2 Å². The number of non-ortho nitro benzene ring substituents is 1. The van der Waals surface area contributed by atoms with Crippen molar-refractivity contribution in [2.24, 2.45) is 0 Å². The van der Waals surface area contributed by atoms with Gasteiger partial charge in [0.2, 0.25) is 0 Å². The van der Waals surface area contributed by atoms with Crippen molar-refractivity contribution in [3.8, 4) is 11.5 Å². The second-order valence-corrected chi connectivity index (χ2v) is 5.91. The fourth-order valence-electron chi connectivity index (χ4n) is 2.28. The molecule has 0 saturated carbocycles. The summed E-state index contributed by atoms with van der Waals surface area (Å²) in [6, 6.07) is 16.8. The molecule has 0 aliphatic heterocycles. The molecular weight excluding hydrogens is 390 g/mol. The van der Waals surface area contributed by atoms with Gasteiger partial charge in [-0.2, -0.15) is 0 Å². The van der Waals surface area contributed by atoms with Gasteiger partial charge in [-0.1, -0.05) is 36.4 Å². The molecule has 0 unspecified atom stereocenters. The summed E-state index contributed by atoms with van der Waals surface area (Å²) in [5.41, 5.74) is -0.150. The van der Waals surface area contributed by atoms with Gasteiger partial charge in [0.1, 0.15) is 11.5 Å². The molecule has 0 fully saturated rings. The number of halogens is 1. The van der Waals surface area contributed by atoms with Crippen molar-refractivity contribution in [2.75, 3.05) is 6.61 Å². The van der Waals surface area contributed by atoms with Crippen LogP contribution < -0.4 is 9.47 Å². The molecule has 0 N–H and O–H groups in total. The SMILES string of the molecule is O=C(COc1ccc2ccccc2c1Br)Oc1cccc([N+](=O)[O-])c1. The number of hydrogen-bond donors (Lipinski definition) is 0. The quantitative estimate of drug-likeness (QED) is 0.272. The predicted molar refractivity (Wildman–Crippen MR) is 95.9 cm³/mol. The minimum atomic E-state index is -0.652. The average Bonchev–Trinajstić information content (AvgIpc) is 2.61. The zero-order chi connectivity index (χ0) is 17.8. The summed E-state index contributed by atoms with van der Waals surface area (Å²) in [7, 11) is 0. The van der Waals surface area contributed by atoms with Crippen LogP contribution in [0.2, 0.25) is 0 Å². The number of nitro benzene ring substituents is 1. The molecule has 0 amide bonds. The Morgan fingerprint density at radius 2 is 1.88 bits per heavy atom. The Hall–Kier alpha value is -2.93. The number of rotatable bonds is 5. The van der Waals surface area contributed by atoms with Crippen LogP contribution >= 0.6 is 15.9 Å². The summed E-state index contributed by atoms with van der Waals surface area (Å²) < 4.78 is 11.3. The largest absolute Gasteiger partial charge is 0.481 e. The molecule has 0 bridgehead atoms. The first-order valence-corrected chi connectivity index (χ1v) is 8.09. The van der Waals surface area contributed by atoms with E-state index in [0.29, 0.717) is 5.75 Å². The Balaban J connectivity index is 1.67. The Morgan fingerprint density at radius 1 is 1.08 bits per heavy atom. The van der Waals surface area contributed by atoms with Gasteiger partial charge in [-0.3, -0.25) is 10.1 Å². The Labute approximate surface area is 151 Å². The molecule has 7 heteroatoms. The van der Waals surface area contributed by atoms with Gasteiger partial charge in [-0.25, -0.2) is 4.79 Å². The van der Waals surface area contributed by atoms with E-state index in [1.54, 1.807) is 6.07 Å². The minimum absolute atomic E-state index is 0.0976. The van der Waals surface area contributed by atoms with Gasteiger partial charge in [-0.15, -0.1) is 0 Å². The Kier molecular flexibility index (Phi) is 4.95. The molecule has 0 atom stereocenters. The third-order valence-electron chi connectivity index (χ3n) is 3.43. The molecule has 25 heavy (non-hydrogen) atoms. The number of fused-ring (bicyclic) bond motifs is 1. The van der Waals surface area contributed by atoms with Gasteiger partial charge in [0.05, 0.1) is 15.5 Å². The molecule has 0 spiro atoms. The summed E-state index contributed by atoms with van der Waals surface area (Å²) in [5.74, 6) is -0.0457. The molecular formula is C18H12BrNO5. The molecule has 0 aliphatic rings. The topological polar surface area (TPSA) is 78.7 Å². The van der Waals surface area contributed by atoms with Crippen LogP contribution in [0.15, 0.2) is 65.1 Å². The lowest BCUT2D eigenvalue weighted by Crippen LogP contribution is -2.17. The second kappa shape index (κ2) is 7.31. The van der Waals surface area contributed by atoms with E-state index >= 15 is 0 Å². The van der Waals surface area contributed by atoms with Crippen LogP contribution in [0.1, 0.15) is 0 Å². The molecule has 3 aromatic rings. The number of benzene rings is 3. The summed E-state index contributed by atoms with van der Waals surface area (Å²) in [6.07, 6.45) is 0. The molecule has 0 aliphatic carbocycles. The number of nitro groups is 1. The Morgan fingerprint density at radius 3 is 2.68 bits per heavy atom. The van der Waals surface area contributed by atoms with E-state index in [1.807, 2.05) is 30.3 Å². The van der Waals surface area contributed by atoms with Crippen LogP contribution in [0, 0.1) is 10.1 Å². The lowest BCUT2D eigenvalue weighted by Gasteiger charge is -2.10. The number of nitrogens with zero attached hydrogens (tertiary/aromatic N) is 1. The fourth-order valence-corrected chi connectivity index (χ4v) is 2.89. The van der Waals surface area contributed by atoms with E-state index < -0.39 is 10.9 Å². The maximum atomic E-state index is 11.9. The van der Waals surface area contributed by atoms with Crippen molar-refractivity contribution in [2.45, 2.75) is 0 Å². The summed E-state index contributed by atoms with van der Waals surface area (Å²) in [5, 5.41) is 12.7. The van der Waals surface area contributed by atoms with Gasteiger partial charge in [0.15, 0.2) is 6.61 Å². The summed E-state index contributed by atoms with van der Waals surface area (Å²) in [6.45, 7) is -0.320. The average molecular weight is 402 g/mol. The number of hydrogen-bond acceptors (Lipinski definition) is 5. The van der Waals surface area contributed by atoms with Crippen LogP contribution in [-0.2, 0) is 4.79 Å². The van der Waals surface area contributed by atoms with E-state index in [2.05, 4.69) is 15.9 Å². The highest BCUT2D eigenvalue weighted by molar-refractivity contribution is 9.10. The molecule has 3 aromatic carbocycles. The lowest BCUT2D eigenvalue weighted by atomic mass is 10.1. The molecule has 0 heterocycles. The molecule has 3 rings (SSSR count). The van der Waals surface area contributed by atoms with Gasteiger partial charge in [-0.05, 0) is 38.8 Å². The first-order chi connectivity index (χ1) is 12.0. The highest BCUT2D eigenvalue weighted by Crippen LogP contribution is 2.33. The highest BCUT2D eigenvalue weighted by atomic mass is 79.9. The molecule has 126 valence electrons. The van der Waals surface area contributed by atoms with Crippen LogP contribution in [0.25, 0.3) is 10.8 Å². The van der Waals surface area contributed by atoms with Crippen LogP contribution in [0.4, 0.5) is 5.69 Å². The maximum Gasteiger partial charge on any atom is 0.349 e. The van der Waals surface area contributed by atoms with Crippen molar-refractivity contribution in [3.63, 3.8) is 0 Å². The monoisotopic (exact) mass is 401 g/mol. The van der Waals surface area contributed by atoms with Gasteiger partial charge in [0, 0.05) is 6.07 Å². The minimum Gasteiger partial charge on any atom is -0.481 e. The number of carbonyl (C=O) groups excluding carboxylic acids is 1. The van der Waals surface area contributed by atoms with E-state index in [-0.39, 0.29) is 18.0 Å². The highest BCUT2D eigenvalue weighted by Gasteiger charge is 2.12. The summed E-state index contributed by atoms with van der Waals surface area (Å²) >= 11 is 3.47. The van der Waals surface area contributed by atoms with E-state index in [1.165, 1.54) is 24.3 Å². The maximum absolute atomic E-state index is 11.9. The first kappa shape index (κ1) is 16.9. The standard InChI is InChI=1S/C18H12BrNO5/c19-18-15-7-2-1-4-12(15)8-9-16(18)24-11-17(21)25-14-6-3-5-13(10-14)20(22)23/h1-10H,11H2. The van der Waals surface area contributed by atoms with Crippen LogP contribution in [-0.4, -0.2) is 17.5 Å². The van der Waals surface area contributed by atoms with Gasteiger partial charge in [0.25, 0.3) is 5.69 Å². The fraction of sp³-hybridized carbons (Fsp3) is 0.0556. The molecule has 0 saturated heterocycles. The number of ether oxygens (including phenoxy) is 2. The second-order valence-electron chi connectivity index (χ2n) is 5.12. The molecule has 0 aromatic heterocycles. The van der Waals surface area contributed by atoms with Gasteiger partial charge >= 0.3 is 5.97 Å². The normalized spacial score (nSPS) is 10.4. The van der Waals surface area contributed by atoms with E-state index in [0.717, 1.165) is 15.2 Å². The zero-order valence-corrected chi connectivity index (χ0v) is 14.4. The Bertz CT molecular complexity index is 957. The van der Waals surface area contributed by atoms with Crippen molar-refractivity contribution in [1.82, 2.24) is 0 Å².